The molecule has 1 N–H and O–H groups in total. The number of amides is 1. The van der Waals surface area contributed by atoms with Gasteiger partial charge in [0.25, 0.3) is 0 Å². The van der Waals surface area contributed by atoms with E-state index in [0.29, 0.717) is 12.1 Å². The third-order valence-electron chi connectivity index (χ3n) is 3.85. The number of rotatable bonds is 3. The zero-order valence-electron chi connectivity index (χ0n) is 14.1. The zero-order chi connectivity index (χ0) is 16.2. The number of ether oxygens (including phenoxy) is 1. The van der Waals surface area contributed by atoms with Crippen LogP contribution >= 0.6 is 11.3 Å². The largest absolute Gasteiger partial charge is 0.444 e. The molecular weight excluding hydrogens is 296 g/mol. The van der Waals surface area contributed by atoms with E-state index in [9.17, 15) is 4.79 Å². The highest BCUT2D eigenvalue weighted by atomic mass is 32.1. The smallest absolute Gasteiger partial charge is 0.410 e. The van der Waals surface area contributed by atoms with Gasteiger partial charge in [0.2, 0.25) is 0 Å². The number of carbonyl (C=O) groups excluding carboxylic acids is 1. The normalized spacial score (nSPS) is 21.3. The quantitative estimate of drug-likeness (QED) is 0.906. The average molecular weight is 324 g/mol. The minimum absolute atomic E-state index is 0.190. The molecule has 1 fully saturated rings. The molecule has 0 radical (unpaired) electrons. The fraction of sp³-hybridized carbons (Fsp3) is 0.706. The standard InChI is InChI=1S/C17H28N2O2S/c1-13(14-8-10-22-12-14)18-15-7-5-6-9-19(11-15)16(20)21-17(2,3)4/h8,10,12-13,15,18H,5-7,9,11H2,1-4H3. The van der Waals surface area contributed by atoms with Crippen LogP contribution in [0.5, 0.6) is 0 Å². The van der Waals surface area contributed by atoms with Gasteiger partial charge in [-0.2, -0.15) is 11.3 Å². The molecule has 1 aromatic rings. The summed E-state index contributed by atoms with van der Waals surface area (Å²) in [5, 5.41) is 7.95. The molecule has 2 rings (SSSR count). The maximum absolute atomic E-state index is 12.3. The third-order valence-corrected chi connectivity index (χ3v) is 4.55. The molecule has 2 heterocycles. The van der Waals surface area contributed by atoms with Gasteiger partial charge in [0, 0.05) is 25.2 Å². The van der Waals surface area contributed by atoms with Crippen molar-refractivity contribution >= 4 is 17.4 Å². The Bertz CT molecular complexity index is 468. The summed E-state index contributed by atoms with van der Waals surface area (Å²) in [7, 11) is 0. The first-order valence-electron chi connectivity index (χ1n) is 8.11. The van der Waals surface area contributed by atoms with Crippen LogP contribution in [-0.2, 0) is 4.74 Å². The van der Waals surface area contributed by atoms with E-state index in [4.69, 9.17) is 4.74 Å². The lowest BCUT2D eigenvalue weighted by atomic mass is 10.1. The summed E-state index contributed by atoms with van der Waals surface area (Å²) >= 11 is 1.72. The lowest BCUT2D eigenvalue weighted by Crippen LogP contribution is -2.45. The SMILES string of the molecule is CC(NC1CCCCN(C(=O)OC(C)(C)C)C1)c1ccsc1. The Morgan fingerprint density at radius 1 is 1.45 bits per heavy atom. The van der Waals surface area contributed by atoms with E-state index >= 15 is 0 Å². The maximum Gasteiger partial charge on any atom is 0.410 e. The number of carbonyl (C=O) groups is 1. The van der Waals surface area contributed by atoms with Crippen molar-refractivity contribution in [1.29, 1.82) is 0 Å². The zero-order valence-corrected chi connectivity index (χ0v) is 14.9. The monoisotopic (exact) mass is 324 g/mol. The van der Waals surface area contributed by atoms with Crippen LogP contribution in [0.4, 0.5) is 4.79 Å². The third kappa shape index (κ3) is 5.29. The van der Waals surface area contributed by atoms with E-state index in [0.717, 1.165) is 32.4 Å². The molecule has 0 aliphatic carbocycles. The predicted octanol–water partition coefficient (Wildman–Crippen LogP) is 4.19. The molecule has 1 aliphatic heterocycles. The van der Waals surface area contributed by atoms with Crippen molar-refractivity contribution in [3.8, 4) is 0 Å². The highest BCUT2D eigenvalue weighted by molar-refractivity contribution is 7.07. The van der Waals surface area contributed by atoms with Crippen molar-refractivity contribution in [3.63, 3.8) is 0 Å². The van der Waals surface area contributed by atoms with Crippen LogP contribution in [0.15, 0.2) is 16.8 Å². The van der Waals surface area contributed by atoms with Crippen LogP contribution in [0.2, 0.25) is 0 Å². The lowest BCUT2D eigenvalue weighted by Gasteiger charge is -2.29. The van der Waals surface area contributed by atoms with Crippen molar-refractivity contribution in [3.05, 3.63) is 22.4 Å². The number of hydrogen-bond donors (Lipinski definition) is 1. The summed E-state index contributed by atoms with van der Waals surface area (Å²) in [5.41, 5.74) is 0.883. The van der Waals surface area contributed by atoms with Gasteiger partial charge in [0.05, 0.1) is 0 Å². The van der Waals surface area contributed by atoms with Gasteiger partial charge in [-0.1, -0.05) is 6.42 Å². The van der Waals surface area contributed by atoms with E-state index in [1.807, 2.05) is 25.7 Å². The van der Waals surface area contributed by atoms with Crippen LogP contribution in [0.25, 0.3) is 0 Å². The summed E-state index contributed by atoms with van der Waals surface area (Å²) in [6, 6.07) is 2.80. The minimum Gasteiger partial charge on any atom is -0.444 e. The lowest BCUT2D eigenvalue weighted by molar-refractivity contribution is 0.0242. The highest BCUT2D eigenvalue weighted by Gasteiger charge is 2.27. The van der Waals surface area contributed by atoms with Crippen LogP contribution in [0, 0.1) is 0 Å². The topological polar surface area (TPSA) is 41.6 Å². The van der Waals surface area contributed by atoms with Crippen molar-refractivity contribution in [2.45, 2.75) is 64.6 Å². The average Bonchev–Trinajstić information content (AvgIpc) is 2.84. The molecule has 0 saturated carbocycles. The summed E-state index contributed by atoms with van der Waals surface area (Å²) < 4.78 is 5.52. The van der Waals surface area contributed by atoms with E-state index in [2.05, 4.69) is 29.1 Å². The Labute approximate surface area is 137 Å². The number of hydrogen-bond acceptors (Lipinski definition) is 4. The fourth-order valence-electron chi connectivity index (χ4n) is 2.74. The van der Waals surface area contributed by atoms with Crippen LogP contribution < -0.4 is 5.32 Å². The molecule has 2 unspecified atom stereocenters. The summed E-state index contributed by atoms with van der Waals surface area (Å²) in [6.45, 7) is 9.44. The molecule has 0 spiro atoms. The molecule has 22 heavy (non-hydrogen) atoms. The Morgan fingerprint density at radius 2 is 2.23 bits per heavy atom. The summed E-state index contributed by atoms with van der Waals surface area (Å²) in [6.07, 6.45) is 3.11. The van der Waals surface area contributed by atoms with Gasteiger partial charge in [-0.15, -0.1) is 0 Å². The van der Waals surface area contributed by atoms with Crippen molar-refractivity contribution in [1.82, 2.24) is 10.2 Å². The van der Waals surface area contributed by atoms with Crippen molar-refractivity contribution < 1.29 is 9.53 Å². The molecule has 1 aromatic heterocycles. The maximum atomic E-state index is 12.3. The molecule has 5 heteroatoms. The molecule has 1 amide bonds. The Morgan fingerprint density at radius 3 is 2.86 bits per heavy atom. The molecular formula is C17H28N2O2S. The van der Waals surface area contributed by atoms with Gasteiger partial charge in [0.1, 0.15) is 5.60 Å². The van der Waals surface area contributed by atoms with Gasteiger partial charge in [-0.3, -0.25) is 0 Å². The van der Waals surface area contributed by atoms with E-state index in [1.54, 1.807) is 11.3 Å². The van der Waals surface area contributed by atoms with Gasteiger partial charge in [-0.05, 0) is 62.9 Å². The minimum atomic E-state index is -0.434. The second-order valence-electron chi connectivity index (χ2n) is 7.06. The number of nitrogens with zero attached hydrogens (tertiary/aromatic N) is 1. The van der Waals surface area contributed by atoms with Gasteiger partial charge >= 0.3 is 6.09 Å². The summed E-state index contributed by atoms with van der Waals surface area (Å²) in [4.78, 5) is 14.2. The highest BCUT2D eigenvalue weighted by Crippen LogP contribution is 2.20. The van der Waals surface area contributed by atoms with Crippen molar-refractivity contribution in [2.75, 3.05) is 13.1 Å². The number of likely N-dealkylation sites (tertiary alicyclic amines) is 1. The molecule has 0 aromatic carbocycles. The van der Waals surface area contributed by atoms with Gasteiger partial charge in [-0.25, -0.2) is 4.79 Å². The number of thiophene rings is 1. The fourth-order valence-corrected chi connectivity index (χ4v) is 3.50. The van der Waals surface area contributed by atoms with E-state index < -0.39 is 5.60 Å². The van der Waals surface area contributed by atoms with Crippen LogP contribution in [0.3, 0.4) is 0 Å². The second kappa shape index (κ2) is 7.47. The van der Waals surface area contributed by atoms with E-state index in [1.165, 1.54) is 5.56 Å². The Kier molecular flexibility index (Phi) is 5.87. The Hall–Kier alpha value is -1.07. The van der Waals surface area contributed by atoms with Crippen molar-refractivity contribution in [2.24, 2.45) is 0 Å². The van der Waals surface area contributed by atoms with Crippen LogP contribution in [0.1, 0.15) is 58.6 Å². The molecule has 2 atom stereocenters. The van der Waals surface area contributed by atoms with Gasteiger partial charge in [0.15, 0.2) is 0 Å². The number of nitrogens with one attached hydrogen (secondary N) is 1. The molecule has 0 bridgehead atoms. The second-order valence-corrected chi connectivity index (χ2v) is 7.84. The predicted molar refractivity (Wildman–Crippen MR) is 91.3 cm³/mol. The first kappa shape index (κ1) is 17.3. The summed E-state index contributed by atoms with van der Waals surface area (Å²) in [5.74, 6) is 0. The molecule has 4 nitrogen and oxygen atoms in total. The molecule has 124 valence electrons. The van der Waals surface area contributed by atoms with Gasteiger partial charge < -0.3 is 15.0 Å². The first-order chi connectivity index (χ1) is 10.3. The Balaban J connectivity index is 1.93. The molecule has 1 aliphatic rings. The van der Waals surface area contributed by atoms with E-state index in [-0.39, 0.29) is 6.09 Å². The van der Waals surface area contributed by atoms with Crippen LogP contribution in [-0.4, -0.2) is 35.7 Å². The first-order valence-corrected chi connectivity index (χ1v) is 9.05. The molecule has 1 saturated heterocycles.